The van der Waals surface area contributed by atoms with E-state index in [0.717, 1.165) is 17.7 Å². The van der Waals surface area contributed by atoms with Gasteiger partial charge in [-0.1, -0.05) is 24.3 Å². The third kappa shape index (κ3) is 2.97. The van der Waals surface area contributed by atoms with Crippen molar-refractivity contribution < 1.29 is 19.4 Å². The molecule has 0 fully saturated rings. The number of ether oxygens (including phenoxy) is 1. The number of carbonyl (C=O) groups excluding carboxylic acids is 2. The van der Waals surface area contributed by atoms with Crippen LogP contribution >= 0.6 is 0 Å². The Kier molecular flexibility index (Phi) is 4.25. The number of phenolic OH excluding ortho intramolecular Hbond substituents is 1. The zero-order valence-corrected chi connectivity index (χ0v) is 13.6. The summed E-state index contributed by atoms with van der Waals surface area (Å²) >= 11 is 0. The summed E-state index contributed by atoms with van der Waals surface area (Å²) in [4.78, 5) is 26.6. The third-order valence-electron chi connectivity index (χ3n) is 4.16. The molecular formula is C19H19NO4. The van der Waals surface area contributed by atoms with Gasteiger partial charge in [0.2, 0.25) is 0 Å². The Morgan fingerprint density at radius 2 is 1.96 bits per heavy atom. The van der Waals surface area contributed by atoms with Gasteiger partial charge in [0, 0.05) is 11.7 Å². The van der Waals surface area contributed by atoms with Crippen LogP contribution in [0.15, 0.2) is 48.5 Å². The Bertz CT molecular complexity index is 786. The van der Waals surface area contributed by atoms with Gasteiger partial charge in [0.25, 0.3) is 5.91 Å². The van der Waals surface area contributed by atoms with Crippen LogP contribution in [0.3, 0.4) is 0 Å². The number of carbonyl (C=O) groups is 2. The summed E-state index contributed by atoms with van der Waals surface area (Å²) < 4.78 is 5.29. The van der Waals surface area contributed by atoms with E-state index in [-0.39, 0.29) is 23.3 Å². The van der Waals surface area contributed by atoms with E-state index in [1.54, 1.807) is 17.9 Å². The second kappa shape index (κ2) is 6.35. The predicted molar refractivity (Wildman–Crippen MR) is 90.1 cm³/mol. The van der Waals surface area contributed by atoms with Crippen LogP contribution in [0.2, 0.25) is 0 Å². The molecule has 1 N–H and O–H groups in total. The molecule has 0 spiro atoms. The molecule has 0 saturated heterocycles. The Labute approximate surface area is 140 Å². The van der Waals surface area contributed by atoms with Crippen molar-refractivity contribution in [1.29, 1.82) is 0 Å². The number of hydrogen-bond acceptors (Lipinski definition) is 4. The summed E-state index contributed by atoms with van der Waals surface area (Å²) in [7, 11) is 0. The number of benzene rings is 2. The number of anilines is 1. The van der Waals surface area contributed by atoms with Gasteiger partial charge in [-0.25, -0.2) is 4.79 Å². The molecule has 0 bridgehead atoms. The molecule has 1 aliphatic rings. The Balaban J connectivity index is 1.75. The first kappa shape index (κ1) is 16.1. The van der Waals surface area contributed by atoms with Crippen molar-refractivity contribution in [2.75, 3.05) is 4.90 Å². The number of para-hydroxylation sites is 1. The van der Waals surface area contributed by atoms with Gasteiger partial charge in [-0.2, -0.15) is 0 Å². The number of rotatable bonds is 3. The minimum absolute atomic E-state index is 0.0227. The summed E-state index contributed by atoms with van der Waals surface area (Å²) in [6, 6.07) is 13.6. The molecule has 24 heavy (non-hydrogen) atoms. The predicted octanol–water partition coefficient (Wildman–Crippen LogP) is 2.92. The van der Waals surface area contributed by atoms with Crippen molar-refractivity contribution in [3.05, 3.63) is 59.7 Å². The summed E-state index contributed by atoms with van der Waals surface area (Å²) in [5.41, 5.74) is 2.20. The molecule has 124 valence electrons. The lowest BCUT2D eigenvalue weighted by Gasteiger charge is -2.25. The molecule has 0 radical (unpaired) electrons. The Hall–Kier alpha value is -2.82. The standard InChI is InChI=1S/C19H19NO4/c1-12-10-14-6-3-4-9-17(14)20(12)18(22)13(2)24-19(23)15-7-5-8-16(21)11-15/h3-9,11-13,21H,10H2,1-2H3/t12-,13+/m0/s1. The lowest BCUT2D eigenvalue weighted by Crippen LogP contribution is -2.43. The van der Waals surface area contributed by atoms with E-state index >= 15 is 0 Å². The smallest absolute Gasteiger partial charge is 0.339 e. The number of hydrogen-bond donors (Lipinski definition) is 1. The fourth-order valence-corrected chi connectivity index (χ4v) is 3.01. The molecule has 2 atom stereocenters. The van der Waals surface area contributed by atoms with E-state index in [0.29, 0.717) is 0 Å². The maximum Gasteiger partial charge on any atom is 0.339 e. The van der Waals surface area contributed by atoms with Gasteiger partial charge in [0.05, 0.1) is 5.56 Å². The highest BCUT2D eigenvalue weighted by Crippen LogP contribution is 2.32. The molecule has 0 aliphatic carbocycles. The van der Waals surface area contributed by atoms with Gasteiger partial charge >= 0.3 is 5.97 Å². The molecule has 0 aromatic heterocycles. The Morgan fingerprint density at radius 1 is 1.21 bits per heavy atom. The van der Waals surface area contributed by atoms with Crippen molar-refractivity contribution in [1.82, 2.24) is 0 Å². The first-order valence-corrected chi connectivity index (χ1v) is 7.88. The van der Waals surface area contributed by atoms with Crippen molar-refractivity contribution in [3.8, 4) is 5.75 Å². The average molecular weight is 325 g/mol. The molecule has 1 amide bonds. The highest BCUT2D eigenvalue weighted by atomic mass is 16.5. The van der Waals surface area contributed by atoms with Gasteiger partial charge < -0.3 is 14.7 Å². The lowest BCUT2D eigenvalue weighted by molar-refractivity contribution is -0.126. The van der Waals surface area contributed by atoms with E-state index in [4.69, 9.17) is 4.74 Å². The number of fused-ring (bicyclic) bond motifs is 1. The van der Waals surface area contributed by atoms with Crippen LogP contribution in [-0.4, -0.2) is 29.1 Å². The molecule has 3 rings (SSSR count). The summed E-state index contributed by atoms with van der Waals surface area (Å²) in [5, 5.41) is 9.44. The monoisotopic (exact) mass is 325 g/mol. The minimum atomic E-state index is -0.909. The molecule has 5 nitrogen and oxygen atoms in total. The Morgan fingerprint density at radius 3 is 2.71 bits per heavy atom. The number of amides is 1. The SMILES string of the molecule is C[C@@H](OC(=O)c1cccc(O)c1)C(=O)N1c2ccccc2C[C@@H]1C. The van der Waals surface area contributed by atoms with Crippen LogP contribution in [0.25, 0.3) is 0 Å². The molecular weight excluding hydrogens is 306 g/mol. The second-order valence-corrected chi connectivity index (χ2v) is 5.99. The molecule has 0 saturated carbocycles. The van der Waals surface area contributed by atoms with Gasteiger partial charge in [0.1, 0.15) is 5.75 Å². The number of esters is 1. The molecule has 5 heteroatoms. The fraction of sp³-hybridized carbons (Fsp3) is 0.263. The van der Waals surface area contributed by atoms with Crippen LogP contribution in [0, 0.1) is 0 Å². The lowest BCUT2D eigenvalue weighted by atomic mass is 10.1. The van der Waals surface area contributed by atoms with Gasteiger partial charge in [-0.15, -0.1) is 0 Å². The van der Waals surface area contributed by atoms with Crippen LogP contribution in [-0.2, 0) is 16.0 Å². The van der Waals surface area contributed by atoms with E-state index in [2.05, 4.69) is 0 Å². The molecule has 2 aromatic rings. The van der Waals surface area contributed by atoms with Gasteiger partial charge in [-0.05, 0) is 50.1 Å². The average Bonchev–Trinajstić information content (AvgIpc) is 2.89. The van der Waals surface area contributed by atoms with E-state index < -0.39 is 12.1 Å². The van der Waals surface area contributed by atoms with Gasteiger partial charge in [0.15, 0.2) is 6.10 Å². The van der Waals surface area contributed by atoms with Crippen LogP contribution in [0.1, 0.15) is 29.8 Å². The van der Waals surface area contributed by atoms with Crippen LogP contribution < -0.4 is 4.90 Å². The minimum Gasteiger partial charge on any atom is -0.508 e. The quantitative estimate of drug-likeness (QED) is 0.881. The van der Waals surface area contributed by atoms with Crippen molar-refractivity contribution in [2.45, 2.75) is 32.4 Å². The van der Waals surface area contributed by atoms with E-state index in [9.17, 15) is 14.7 Å². The number of aromatic hydroxyl groups is 1. The van der Waals surface area contributed by atoms with E-state index in [1.165, 1.54) is 18.2 Å². The highest BCUT2D eigenvalue weighted by Gasteiger charge is 2.34. The largest absolute Gasteiger partial charge is 0.508 e. The van der Waals surface area contributed by atoms with Gasteiger partial charge in [-0.3, -0.25) is 4.79 Å². The van der Waals surface area contributed by atoms with Crippen molar-refractivity contribution in [3.63, 3.8) is 0 Å². The molecule has 1 heterocycles. The highest BCUT2D eigenvalue weighted by molar-refractivity contribution is 6.01. The fourth-order valence-electron chi connectivity index (χ4n) is 3.01. The maximum atomic E-state index is 12.8. The van der Waals surface area contributed by atoms with E-state index in [1.807, 2.05) is 31.2 Å². The van der Waals surface area contributed by atoms with Crippen molar-refractivity contribution >= 4 is 17.6 Å². The summed E-state index contributed by atoms with van der Waals surface area (Å²) in [5.74, 6) is -0.904. The first-order chi connectivity index (χ1) is 11.5. The van der Waals surface area contributed by atoms with Crippen molar-refractivity contribution in [2.24, 2.45) is 0 Å². The summed E-state index contributed by atoms with van der Waals surface area (Å²) in [6.07, 6.45) is -0.122. The van der Waals surface area contributed by atoms with Crippen LogP contribution in [0.5, 0.6) is 5.75 Å². The normalized spacial score (nSPS) is 17.2. The zero-order chi connectivity index (χ0) is 17.3. The molecule has 2 aromatic carbocycles. The first-order valence-electron chi connectivity index (χ1n) is 7.88. The third-order valence-corrected chi connectivity index (χ3v) is 4.16. The summed E-state index contributed by atoms with van der Waals surface area (Å²) in [6.45, 7) is 3.54. The zero-order valence-electron chi connectivity index (χ0n) is 13.6. The maximum absolute atomic E-state index is 12.8. The topological polar surface area (TPSA) is 66.8 Å². The van der Waals surface area contributed by atoms with Crippen LogP contribution in [0.4, 0.5) is 5.69 Å². The number of phenols is 1. The second-order valence-electron chi connectivity index (χ2n) is 5.99. The molecule has 0 unspecified atom stereocenters. The molecule has 1 aliphatic heterocycles. The number of nitrogens with zero attached hydrogens (tertiary/aromatic N) is 1.